The summed E-state index contributed by atoms with van der Waals surface area (Å²) in [6.45, 7) is 12.3. The highest BCUT2D eigenvalue weighted by Gasteiger charge is 2.59. The van der Waals surface area contributed by atoms with Crippen LogP contribution in [-0.4, -0.2) is 16.0 Å². The average Bonchev–Trinajstić information content (AvgIpc) is 2.51. The molecule has 0 heterocycles. The second-order valence-corrected chi connectivity index (χ2v) is 9.13. The number of phenols is 2. The van der Waals surface area contributed by atoms with Crippen molar-refractivity contribution >= 4 is 5.78 Å². The molecule has 0 amide bonds. The predicted octanol–water partition coefficient (Wildman–Crippen LogP) is 5.06. The molecule has 4 rings (SSSR count). The molecule has 0 saturated heterocycles. The van der Waals surface area contributed by atoms with E-state index in [9.17, 15) is 15.0 Å². The third-order valence-electron chi connectivity index (χ3n) is 6.90. The molecule has 2 unspecified atom stereocenters. The van der Waals surface area contributed by atoms with Crippen LogP contribution in [0.4, 0.5) is 0 Å². The molecule has 3 saturated carbocycles. The van der Waals surface area contributed by atoms with E-state index < -0.39 is 0 Å². The number of fused-ring (bicyclic) bond motifs is 2. The van der Waals surface area contributed by atoms with Crippen LogP contribution >= 0.6 is 0 Å². The molecule has 25 heavy (non-hydrogen) atoms. The largest absolute Gasteiger partial charge is 0.508 e. The lowest BCUT2D eigenvalue weighted by atomic mass is 9.44. The van der Waals surface area contributed by atoms with Gasteiger partial charge in [0.25, 0.3) is 0 Å². The minimum Gasteiger partial charge on any atom is -0.508 e. The molecule has 3 fully saturated rings. The number of allylic oxidation sites excluding steroid dienone is 1. The number of aromatic hydroxyl groups is 2. The summed E-state index contributed by atoms with van der Waals surface area (Å²) in [5.74, 6) is 0.924. The minimum absolute atomic E-state index is 0.0409. The van der Waals surface area contributed by atoms with Gasteiger partial charge in [-0.2, -0.15) is 0 Å². The molecule has 136 valence electrons. The van der Waals surface area contributed by atoms with Gasteiger partial charge in [0.15, 0.2) is 0 Å². The van der Waals surface area contributed by atoms with Crippen molar-refractivity contribution in [3.8, 4) is 11.5 Å². The normalized spacial score (nSPS) is 27.7. The number of phenolic OH excluding ortho intramolecular Hbond substituents is 2. The first kappa shape index (κ1) is 18.0. The SMILES string of the molecule is C=CCCC(C)(C)c1cc(O)c([C@H]2CC(=O)C3CC2C3(C)C)c(O)c1. The van der Waals surface area contributed by atoms with Gasteiger partial charge in [-0.15, -0.1) is 6.58 Å². The number of Topliss-reactive ketones (excluding diaryl/α,β-unsaturated/α-hetero) is 1. The van der Waals surface area contributed by atoms with Crippen LogP contribution in [0.2, 0.25) is 0 Å². The second-order valence-electron chi connectivity index (χ2n) is 9.13. The number of carbonyl (C=O) groups excluding carboxylic acids is 1. The maximum atomic E-state index is 12.4. The number of benzene rings is 1. The second kappa shape index (κ2) is 5.89. The van der Waals surface area contributed by atoms with Gasteiger partial charge in [0.1, 0.15) is 17.3 Å². The summed E-state index contributed by atoms with van der Waals surface area (Å²) in [7, 11) is 0. The van der Waals surface area contributed by atoms with Crippen LogP contribution in [0, 0.1) is 17.3 Å². The third-order valence-corrected chi connectivity index (χ3v) is 6.90. The van der Waals surface area contributed by atoms with Gasteiger partial charge in [0, 0.05) is 23.8 Å². The maximum Gasteiger partial charge on any atom is 0.137 e. The molecule has 3 nitrogen and oxygen atoms in total. The Labute approximate surface area is 150 Å². The molecule has 2 bridgehead atoms. The molecule has 0 radical (unpaired) electrons. The Kier molecular flexibility index (Phi) is 4.25. The van der Waals surface area contributed by atoms with Crippen molar-refractivity contribution < 1.29 is 15.0 Å². The van der Waals surface area contributed by atoms with Crippen LogP contribution in [0.1, 0.15) is 70.4 Å². The lowest BCUT2D eigenvalue weighted by Crippen LogP contribution is -2.56. The predicted molar refractivity (Wildman–Crippen MR) is 100.0 cm³/mol. The van der Waals surface area contributed by atoms with Crippen molar-refractivity contribution in [1.29, 1.82) is 0 Å². The van der Waals surface area contributed by atoms with Crippen molar-refractivity contribution in [2.75, 3.05) is 0 Å². The Bertz CT molecular complexity index is 691. The highest BCUT2D eigenvalue weighted by atomic mass is 16.3. The van der Waals surface area contributed by atoms with Gasteiger partial charge >= 0.3 is 0 Å². The number of carbonyl (C=O) groups is 1. The molecule has 2 N–H and O–H groups in total. The molecule has 1 aromatic carbocycles. The van der Waals surface area contributed by atoms with E-state index in [1.165, 1.54) is 0 Å². The zero-order chi connectivity index (χ0) is 18.6. The topological polar surface area (TPSA) is 57.5 Å². The molecule has 3 atom stereocenters. The molecule has 3 aliphatic rings. The van der Waals surface area contributed by atoms with Crippen LogP contribution in [0.25, 0.3) is 0 Å². The molecular weight excluding hydrogens is 312 g/mol. The van der Waals surface area contributed by atoms with E-state index in [4.69, 9.17) is 0 Å². The van der Waals surface area contributed by atoms with Crippen LogP contribution in [-0.2, 0) is 10.2 Å². The number of rotatable bonds is 5. The fourth-order valence-electron chi connectivity index (χ4n) is 4.99. The van der Waals surface area contributed by atoms with Crippen LogP contribution in [0.5, 0.6) is 11.5 Å². The first-order chi connectivity index (χ1) is 11.6. The standard InChI is InChI=1S/C22H30O3/c1-6-7-8-21(2,3)13-9-18(24)20(19(25)10-13)14-11-17(23)16-12-15(14)22(16,4)5/h6,9-10,14-16,24-25H,1,7-8,11-12H2,2-5H3/t14-,15?,16?/m0/s1. The summed E-state index contributed by atoms with van der Waals surface area (Å²) in [5, 5.41) is 21.4. The summed E-state index contributed by atoms with van der Waals surface area (Å²) in [6.07, 6.45) is 4.97. The fourth-order valence-corrected chi connectivity index (χ4v) is 4.99. The maximum absolute atomic E-state index is 12.4. The van der Waals surface area contributed by atoms with Crippen molar-refractivity contribution in [1.82, 2.24) is 0 Å². The summed E-state index contributed by atoms with van der Waals surface area (Å²) in [5.41, 5.74) is 1.28. The smallest absolute Gasteiger partial charge is 0.137 e. The molecule has 0 aliphatic heterocycles. The average molecular weight is 342 g/mol. The fraction of sp³-hybridized carbons (Fsp3) is 0.591. The summed E-state index contributed by atoms with van der Waals surface area (Å²) < 4.78 is 0. The first-order valence-electron chi connectivity index (χ1n) is 9.29. The van der Waals surface area contributed by atoms with Gasteiger partial charge in [-0.05, 0) is 53.7 Å². The van der Waals surface area contributed by atoms with Gasteiger partial charge in [-0.1, -0.05) is 33.8 Å². The molecular formula is C22H30O3. The Morgan fingerprint density at radius 2 is 1.88 bits per heavy atom. The molecule has 1 aromatic rings. The summed E-state index contributed by atoms with van der Waals surface area (Å²) >= 11 is 0. The molecule has 3 aliphatic carbocycles. The quantitative estimate of drug-likeness (QED) is 0.735. The van der Waals surface area contributed by atoms with Crippen molar-refractivity contribution in [3.05, 3.63) is 35.9 Å². The third kappa shape index (κ3) is 2.78. The van der Waals surface area contributed by atoms with E-state index in [0.717, 1.165) is 24.8 Å². The minimum atomic E-state index is -0.162. The Morgan fingerprint density at radius 3 is 2.36 bits per heavy atom. The van der Waals surface area contributed by atoms with Crippen LogP contribution in [0.15, 0.2) is 24.8 Å². The lowest BCUT2D eigenvalue weighted by molar-refractivity contribution is -0.151. The summed E-state index contributed by atoms with van der Waals surface area (Å²) in [6, 6.07) is 3.56. The lowest BCUT2D eigenvalue weighted by Gasteiger charge is -2.59. The van der Waals surface area contributed by atoms with Gasteiger partial charge < -0.3 is 10.2 Å². The zero-order valence-corrected chi connectivity index (χ0v) is 15.8. The Balaban J connectivity index is 1.96. The van der Waals surface area contributed by atoms with Crippen molar-refractivity contribution in [3.63, 3.8) is 0 Å². The van der Waals surface area contributed by atoms with Crippen LogP contribution in [0.3, 0.4) is 0 Å². The van der Waals surface area contributed by atoms with Gasteiger partial charge in [0.2, 0.25) is 0 Å². The number of ketones is 1. The van der Waals surface area contributed by atoms with Gasteiger partial charge in [-0.3, -0.25) is 4.79 Å². The van der Waals surface area contributed by atoms with Crippen LogP contribution < -0.4 is 0 Å². The van der Waals surface area contributed by atoms with Crippen molar-refractivity contribution in [2.45, 2.75) is 64.7 Å². The highest BCUT2D eigenvalue weighted by molar-refractivity contribution is 5.86. The van der Waals surface area contributed by atoms with Crippen molar-refractivity contribution in [2.24, 2.45) is 17.3 Å². The monoisotopic (exact) mass is 342 g/mol. The Hall–Kier alpha value is -1.77. The highest BCUT2D eigenvalue weighted by Crippen LogP contribution is 2.64. The molecule has 0 aromatic heterocycles. The first-order valence-corrected chi connectivity index (χ1v) is 9.29. The van der Waals surface area contributed by atoms with E-state index in [-0.39, 0.29) is 39.9 Å². The van der Waals surface area contributed by atoms with E-state index >= 15 is 0 Å². The van der Waals surface area contributed by atoms with E-state index in [1.54, 1.807) is 12.1 Å². The molecule has 0 spiro atoms. The summed E-state index contributed by atoms with van der Waals surface area (Å²) in [4.78, 5) is 12.4. The van der Waals surface area contributed by atoms with E-state index in [2.05, 4.69) is 34.3 Å². The van der Waals surface area contributed by atoms with Gasteiger partial charge in [-0.25, -0.2) is 0 Å². The van der Waals surface area contributed by atoms with Gasteiger partial charge in [0.05, 0.1) is 0 Å². The Morgan fingerprint density at radius 1 is 1.28 bits per heavy atom. The van der Waals surface area contributed by atoms with E-state index in [1.807, 2.05) is 6.08 Å². The zero-order valence-electron chi connectivity index (χ0n) is 15.8. The number of hydrogen-bond acceptors (Lipinski definition) is 3. The van der Waals surface area contributed by atoms with E-state index in [0.29, 0.717) is 17.9 Å². The number of hydrogen-bond donors (Lipinski definition) is 2. The molecule has 3 heteroatoms.